The van der Waals surface area contributed by atoms with Gasteiger partial charge < -0.3 is 10.1 Å². The third-order valence-electron chi connectivity index (χ3n) is 3.90. The zero-order chi connectivity index (χ0) is 20.7. The maximum atomic E-state index is 13.5. The highest BCUT2D eigenvalue weighted by Gasteiger charge is 2.30. The molecule has 0 aliphatic carbocycles. The molecule has 1 amide bonds. The van der Waals surface area contributed by atoms with Gasteiger partial charge in [0.05, 0.1) is 12.5 Å². The minimum Gasteiger partial charge on any atom is -0.456 e. The number of hydrogen-bond acceptors (Lipinski definition) is 6. The Morgan fingerprint density at radius 1 is 1.33 bits per heavy atom. The van der Waals surface area contributed by atoms with Crippen molar-refractivity contribution in [1.29, 1.82) is 5.26 Å². The largest absolute Gasteiger partial charge is 0.456 e. The molecule has 2 N–H and O–H groups in total. The lowest BCUT2D eigenvalue weighted by Crippen LogP contribution is -2.50. The number of benzene rings is 1. The average Bonchev–Trinajstić information content (AvgIpc) is 2.59. The predicted molar refractivity (Wildman–Crippen MR) is 94.2 cm³/mol. The first kappa shape index (κ1) is 22.5. The summed E-state index contributed by atoms with van der Waals surface area (Å²) >= 11 is 0. The smallest absolute Gasteiger partial charge is 0.307 e. The maximum Gasteiger partial charge on any atom is 0.307 e. The van der Waals surface area contributed by atoms with E-state index in [1.807, 2.05) is 6.07 Å². The summed E-state index contributed by atoms with van der Waals surface area (Å²) in [5.41, 5.74) is -1.10. The molecular formula is C17H22FN3O5S. The Morgan fingerprint density at radius 3 is 2.52 bits per heavy atom. The van der Waals surface area contributed by atoms with Gasteiger partial charge in [0.1, 0.15) is 16.3 Å². The van der Waals surface area contributed by atoms with E-state index in [9.17, 15) is 22.4 Å². The lowest BCUT2D eigenvalue weighted by Gasteiger charge is -2.27. The summed E-state index contributed by atoms with van der Waals surface area (Å²) in [5.74, 6) is -2.53. The number of halogens is 1. The summed E-state index contributed by atoms with van der Waals surface area (Å²) in [6, 6.07) is 6.82. The Morgan fingerprint density at radius 2 is 1.96 bits per heavy atom. The number of sulfonamides is 1. The van der Waals surface area contributed by atoms with Gasteiger partial charge in [-0.25, -0.2) is 17.5 Å². The molecule has 27 heavy (non-hydrogen) atoms. The second-order valence-corrected chi connectivity index (χ2v) is 7.99. The van der Waals surface area contributed by atoms with Crippen LogP contribution in [0.2, 0.25) is 0 Å². The molecule has 148 valence electrons. The Bertz CT molecular complexity index is 835. The van der Waals surface area contributed by atoms with E-state index in [0.717, 1.165) is 12.1 Å². The van der Waals surface area contributed by atoms with Crippen LogP contribution in [0.5, 0.6) is 0 Å². The molecule has 8 nitrogen and oxygen atoms in total. The number of nitrogens with one attached hydrogen (secondary N) is 2. The molecule has 0 aliphatic heterocycles. The van der Waals surface area contributed by atoms with Crippen LogP contribution in [0.25, 0.3) is 0 Å². The fraction of sp³-hybridized carbons (Fsp3) is 0.471. The molecule has 1 rings (SSSR count). The van der Waals surface area contributed by atoms with Crippen molar-refractivity contribution in [3.63, 3.8) is 0 Å². The summed E-state index contributed by atoms with van der Waals surface area (Å²) in [6.45, 7) is 4.16. The van der Waals surface area contributed by atoms with Gasteiger partial charge in [0.25, 0.3) is 5.91 Å². The van der Waals surface area contributed by atoms with Crippen LogP contribution < -0.4 is 10.0 Å². The minimum absolute atomic E-state index is 0.157. The number of hydrogen-bond donors (Lipinski definition) is 2. The number of rotatable bonds is 9. The normalized spacial score (nSPS) is 13.5. The number of nitrogens with zero attached hydrogens (tertiary/aromatic N) is 1. The van der Waals surface area contributed by atoms with E-state index in [1.54, 1.807) is 20.8 Å². The van der Waals surface area contributed by atoms with E-state index in [4.69, 9.17) is 10.00 Å². The fourth-order valence-electron chi connectivity index (χ4n) is 1.87. The van der Waals surface area contributed by atoms with Crippen LogP contribution in [0.1, 0.15) is 27.2 Å². The quantitative estimate of drug-likeness (QED) is 0.599. The monoisotopic (exact) mass is 399 g/mol. The third-order valence-corrected chi connectivity index (χ3v) is 5.39. The molecule has 10 heteroatoms. The molecule has 0 bridgehead atoms. The molecule has 0 heterocycles. The molecule has 0 unspecified atom stereocenters. The van der Waals surface area contributed by atoms with Crippen molar-refractivity contribution in [1.82, 2.24) is 10.0 Å². The molecule has 0 saturated heterocycles. The second kappa shape index (κ2) is 9.43. The van der Waals surface area contributed by atoms with Crippen molar-refractivity contribution in [3.8, 4) is 6.07 Å². The Balaban J connectivity index is 2.45. The number of esters is 1. The molecule has 0 aliphatic rings. The highest BCUT2D eigenvalue weighted by molar-refractivity contribution is 7.89. The average molecular weight is 399 g/mol. The SMILES string of the molecule is CC(C)[C@](C)(C#N)NC(=O)COC(=O)CCNS(=O)(=O)c1ccccc1F. The van der Waals surface area contributed by atoms with Crippen LogP contribution in [0.15, 0.2) is 29.2 Å². The number of carbonyl (C=O) groups is 2. The summed E-state index contributed by atoms with van der Waals surface area (Å²) in [6.07, 6.45) is -0.347. The zero-order valence-corrected chi connectivity index (χ0v) is 16.1. The number of carbonyl (C=O) groups excluding carboxylic acids is 2. The van der Waals surface area contributed by atoms with E-state index in [2.05, 4.69) is 10.0 Å². The van der Waals surface area contributed by atoms with Crippen LogP contribution in [-0.2, 0) is 24.3 Å². The van der Waals surface area contributed by atoms with Gasteiger partial charge in [-0.1, -0.05) is 26.0 Å². The topological polar surface area (TPSA) is 125 Å². The van der Waals surface area contributed by atoms with Crippen molar-refractivity contribution in [3.05, 3.63) is 30.1 Å². The first-order chi connectivity index (χ1) is 12.5. The summed E-state index contributed by atoms with van der Waals surface area (Å²) < 4.78 is 44.3. The van der Waals surface area contributed by atoms with Crippen molar-refractivity contribution in [2.24, 2.45) is 5.92 Å². The minimum atomic E-state index is -4.10. The third kappa shape index (κ3) is 6.62. The lowest BCUT2D eigenvalue weighted by molar-refractivity contribution is -0.148. The van der Waals surface area contributed by atoms with E-state index >= 15 is 0 Å². The van der Waals surface area contributed by atoms with Crippen molar-refractivity contribution in [2.75, 3.05) is 13.2 Å². The Labute approximate surface area is 157 Å². The van der Waals surface area contributed by atoms with Crippen LogP contribution in [0.3, 0.4) is 0 Å². The summed E-state index contributed by atoms with van der Waals surface area (Å²) in [5, 5.41) is 11.6. The van der Waals surface area contributed by atoms with E-state index in [0.29, 0.717) is 0 Å². The van der Waals surface area contributed by atoms with Crippen LogP contribution in [0.4, 0.5) is 4.39 Å². The molecule has 0 radical (unpaired) electrons. The fourth-order valence-corrected chi connectivity index (χ4v) is 2.98. The Hall–Kier alpha value is -2.51. The highest BCUT2D eigenvalue weighted by atomic mass is 32.2. The first-order valence-corrected chi connectivity index (χ1v) is 9.62. The van der Waals surface area contributed by atoms with Crippen LogP contribution >= 0.6 is 0 Å². The van der Waals surface area contributed by atoms with E-state index < -0.39 is 44.8 Å². The molecular weight excluding hydrogens is 377 g/mol. The number of amides is 1. The van der Waals surface area contributed by atoms with Gasteiger partial charge in [-0.2, -0.15) is 5.26 Å². The van der Waals surface area contributed by atoms with Crippen LogP contribution in [-0.4, -0.2) is 39.0 Å². The molecule has 0 fully saturated rings. The van der Waals surface area contributed by atoms with Gasteiger partial charge in [0, 0.05) is 6.54 Å². The van der Waals surface area contributed by atoms with E-state index in [-0.39, 0.29) is 18.9 Å². The molecule has 0 spiro atoms. The standard InChI is InChI=1S/C17H22FN3O5S/c1-12(2)17(3,11-19)21-15(22)10-26-16(23)8-9-20-27(24,25)14-7-5-4-6-13(14)18/h4-7,12,20H,8-10H2,1-3H3,(H,21,22)/t17-/m0/s1. The predicted octanol–water partition coefficient (Wildman–Crippen LogP) is 1.09. The lowest BCUT2D eigenvalue weighted by atomic mass is 9.90. The molecule has 0 aromatic heterocycles. The molecule has 1 atom stereocenters. The molecule has 1 aromatic rings. The first-order valence-electron chi connectivity index (χ1n) is 8.14. The second-order valence-electron chi connectivity index (χ2n) is 6.26. The Kier molecular flexibility index (Phi) is 7.87. The zero-order valence-electron chi connectivity index (χ0n) is 15.3. The number of nitriles is 1. The van der Waals surface area contributed by atoms with Crippen molar-refractivity contribution >= 4 is 21.9 Å². The van der Waals surface area contributed by atoms with Gasteiger partial charge in [-0.3, -0.25) is 9.59 Å². The van der Waals surface area contributed by atoms with Gasteiger partial charge in [-0.15, -0.1) is 0 Å². The maximum absolute atomic E-state index is 13.5. The van der Waals surface area contributed by atoms with Crippen molar-refractivity contribution < 1.29 is 27.1 Å². The molecule has 0 saturated carbocycles. The van der Waals surface area contributed by atoms with E-state index in [1.165, 1.54) is 12.1 Å². The number of ether oxygens (including phenoxy) is 1. The van der Waals surface area contributed by atoms with Gasteiger partial charge in [0.2, 0.25) is 10.0 Å². The summed E-state index contributed by atoms with van der Waals surface area (Å²) in [7, 11) is -4.10. The van der Waals surface area contributed by atoms with Crippen molar-refractivity contribution in [2.45, 2.75) is 37.6 Å². The van der Waals surface area contributed by atoms with Gasteiger partial charge in [-0.05, 0) is 25.0 Å². The van der Waals surface area contributed by atoms with Crippen LogP contribution in [0, 0.1) is 23.1 Å². The van der Waals surface area contributed by atoms with Gasteiger partial charge >= 0.3 is 5.97 Å². The summed E-state index contributed by atoms with van der Waals surface area (Å²) in [4.78, 5) is 22.9. The van der Waals surface area contributed by atoms with Gasteiger partial charge in [0.15, 0.2) is 6.61 Å². The molecule has 1 aromatic carbocycles. The highest BCUT2D eigenvalue weighted by Crippen LogP contribution is 2.15.